The van der Waals surface area contributed by atoms with E-state index in [9.17, 15) is 4.79 Å². The van der Waals surface area contributed by atoms with Crippen LogP contribution in [0.1, 0.15) is 33.1 Å². The largest absolute Gasteiger partial charge is 0.383 e. The Kier molecular flexibility index (Phi) is 4.11. The van der Waals surface area contributed by atoms with Crippen molar-refractivity contribution in [3.63, 3.8) is 0 Å². The fraction of sp³-hybridized carbons (Fsp3) is 0.909. The average Bonchev–Trinajstić information content (AvgIpc) is 2.97. The first kappa shape index (κ1) is 12.5. The number of hydrogen-bond acceptors (Lipinski definition) is 3. The van der Waals surface area contributed by atoms with Gasteiger partial charge in [0.15, 0.2) is 0 Å². The van der Waals surface area contributed by atoms with Crippen LogP contribution in [-0.4, -0.2) is 42.6 Å². The highest BCUT2D eigenvalue weighted by molar-refractivity contribution is 5.89. The smallest absolute Gasteiger partial charge is 0.242 e. The molecule has 88 valence electrons. The van der Waals surface area contributed by atoms with Crippen molar-refractivity contribution in [3.8, 4) is 0 Å². The summed E-state index contributed by atoms with van der Waals surface area (Å²) in [5, 5.41) is 0. The van der Waals surface area contributed by atoms with Crippen molar-refractivity contribution in [3.05, 3.63) is 0 Å². The molecule has 0 spiro atoms. The van der Waals surface area contributed by atoms with Gasteiger partial charge >= 0.3 is 0 Å². The minimum absolute atomic E-state index is 0.0916. The molecule has 0 heterocycles. The number of hydrogen-bond donors (Lipinski definition) is 1. The molecule has 1 rings (SSSR count). The monoisotopic (exact) mass is 214 g/mol. The number of carbonyl (C=O) groups is 1. The van der Waals surface area contributed by atoms with Crippen molar-refractivity contribution in [1.29, 1.82) is 0 Å². The summed E-state index contributed by atoms with van der Waals surface area (Å²) in [6.45, 7) is 5.35. The number of ether oxygens (including phenoxy) is 1. The third kappa shape index (κ3) is 2.92. The molecule has 1 amide bonds. The van der Waals surface area contributed by atoms with Crippen LogP contribution in [0.15, 0.2) is 0 Å². The Bertz CT molecular complexity index is 227. The maximum absolute atomic E-state index is 12.1. The molecule has 1 atom stereocenters. The number of amides is 1. The van der Waals surface area contributed by atoms with Crippen LogP contribution in [0.2, 0.25) is 0 Å². The van der Waals surface area contributed by atoms with Crippen molar-refractivity contribution in [2.75, 3.05) is 20.3 Å². The van der Waals surface area contributed by atoms with Crippen LogP contribution in [0.3, 0.4) is 0 Å². The fourth-order valence-electron chi connectivity index (χ4n) is 1.57. The van der Waals surface area contributed by atoms with Crippen molar-refractivity contribution < 1.29 is 9.53 Å². The second-order valence-electron chi connectivity index (χ2n) is 4.40. The molecule has 0 aromatic rings. The summed E-state index contributed by atoms with van der Waals surface area (Å²) in [7, 11) is 1.65. The molecular formula is C11H22N2O2. The summed E-state index contributed by atoms with van der Waals surface area (Å²) in [4.78, 5) is 13.9. The van der Waals surface area contributed by atoms with Crippen molar-refractivity contribution >= 4 is 5.91 Å². The Labute approximate surface area is 91.8 Å². The van der Waals surface area contributed by atoms with E-state index in [-0.39, 0.29) is 11.9 Å². The zero-order valence-corrected chi connectivity index (χ0v) is 9.95. The van der Waals surface area contributed by atoms with E-state index in [1.165, 1.54) is 0 Å². The van der Waals surface area contributed by atoms with E-state index >= 15 is 0 Å². The molecule has 0 saturated heterocycles. The second-order valence-corrected chi connectivity index (χ2v) is 4.40. The lowest BCUT2D eigenvalue weighted by atomic mass is 10.1. The zero-order chi connectivity index (χ0) is 11.5. The maximum Gasteiger partial charge on any atom is 0.242 e. The Morgan fingerprint density at radius 2 is 2.20 bits per heavy atom. The molecule has 0 radical (unpaired) electrons. The number of carbonyl (C=O) groups excluding carboxylic acids is 1. The molecule has 1 fully saturated rings. The van der Waals surface area contributed by atoms with E-state index in [1.807, 2.05) is 4.90 Å². The standard InChI is InChI=1S/C11H22N2O2/c1-4-9(2)13(7-8-15-3)10(14)11(12)5-6-11/h9H,4-8,12H2,1-3H3. The van der Waals surface area contributed by atoms with E-state index in [0.717, 1.165) is 19.3 Å². The maximum atomic E-state index is 12.1. The van der Waals surface area contributed by atoms with Crippen molar-refractivity contribution in [2.45, 2.75) is 44.7 Å². The molecule has 1 aliphatic carbocycles. The van der Waals surface area contributed by atoms with E-state index in [1.54, 1.807) is 7.11 Å². The van der Waals surface area contributed by atoms with Gasteiger partial charge in [0, 0.05) is 19.7 Å². The predicted molar refractivity (Wildman–Crippen MR) is 59.5 cm³/mol. The SMILES string of the molecule is CCC(C)N(CCOC)C(=O)C1(N)CC1. The normalized spacial score (nSPS) is 19.7. The highest BCUT2D eigenvalue weighted by atomic mass is 16.5. The molecule has 4 heteroatoms. The molecule has 15 heavy (non-hydrogen) atoms. The fourth-order valence-corrected chi connectivity index (χ4v) is 1.57. The van der Waals surface area contributed by atoms with E-state index in [2.05, 4.69) is 13.8 Å². The molecule has 0 bridgehead atoms. The van der Waals surface area contributed by atoms with Crippen LogP contribution in [0.4, 0.5) is 0 Å². The average molecular weight is 214 g/mol. The number of methoxy groups -OCH3 is 1. The third-order valence-corrected chi connectivity index (χ3v) is 3.13. The first-order valence-corrected chi connectivity index (χ1v) is 5.64. The van der Waals surface area contributed by atoms with Gasteiger partial charge in [0.25, 0.3) is 0 Å². The lowest BCUT2D eigenvalue weighted by molar-refractivity contribution is -0.136. The van der Waals surface area contributed by atoms with Gasteiger partial charge in [0.1, 0.15) is 0 Å². The van der Waals surface area contributed by atoms with Crippen molar-refractivity contribution in [2.24, 2.45) is 5.73 Å². The molecule has 1 saturated carbocycles. The van der Waals surface area contributed by atoms with Gasteiger partial charge in [-0.2, -0.15) is 0 Å². The molecule has 0 aromatic carbocycles. The van der Waals surface area contributed by atoms with E-state index < -0.39 is 5.54 Å². The number of nitrogens with two attached hydrogens (primary N) is 1. The van der Waals surface area contributed by atoms with Gasteiger partial charge in [0.05, 0.1) is 12.1 Å². The molecule has 4 nitrogen and oxygen atoms in total. The summed E-state index contributed by atoms with van der Waals surface area (Å²) >= 11 is 0. The van der Waals surface area contributed by atoms with Crippen LogP contribution in [0, 0.1) is 0 Å². The zero-order valence-electron chi connectivity index (χ0n) is 9.95. The highest BCUT2D eigenvalue weighted by Gasteiger charge is 2.48. The summed E-state index contributed by atoms with van der Waals surface area (Å²) in [6.07, 6.45) is 2.60. The van der Waals surface area contributed by atoms with Gasteiger partial charge in [0.2, 0.25) is 5.91 Å². The van der Waals surface area contributed by atoms with Crippen LogP contribution in [0.5, 0.6) is 0 Å². The predicted octanol–water partition coefficient (Wildman–Crippen LogP) is 0.751. The molecular weight excluding hydrogens is 192 g/mol. The minimum atomic E-state index is -0.558. The van der Waals surface area contributed by atoms with E-state index in [0.29, 0.717) is 13.2 Å². The second kappa shape index (κ2) is 4.94. The summed E-state index contributed by atoms with van der Waals surface area (Å²) in [6, 6.07) is 0.244. The van der Waals surface area contributed by atoms with Crippen LogP contribution in [0.25, 0.3) is 0 Å². The topological polar surface area (TPSA) is 55.6 Å². The quantitative estimate of drug-likeness (QED) is 0.710. The highest BCUT2D eigenvalue weighted by Crippen LogP contribution is 2.34. The van der Waals surface area contributed by atoms with E-state index in [4.69, 9.17) is 10.5 Å². The molecule has 1 unspecified atom stereocenters. The Balaban J connectivity index is 2.58. The Morgan fingerprint density at radius 3 is 2.60 bits per heavy atom. The van der Waals surface area contributed by atoms with Gasteiger partial charge in [-0.25, -0.2) is 0 Å². The lowest BCUT2D eigenvalue weighted by Crippen LogP contribution is -2.50. The van der Waals surface area contributed by atoms with Gasteiger partial charge in [-0.15, -0.1) is 0 Å². The summed E-state index contributed by atoms with van der Waals surface area (Å²) in [5.74, 6) is 0.0916. The minimum Gasteiger partial charge on any atom is -0.383 e. The molecule has 2 N–H and O–H groups in total. The molecule has 0 aliphatic heterocycles. The number of rotatable bonds is 6. The first-order valence-electron chi connectivity index (χ1n) is 5.64. The van der Waals surface area contributed by atoms with Crippen molar-refractivity contribution in [1.82, 2.24) is 4.90 Å². The van der Waals surface area contributed by atoms with Gasteiger partial charge in [-0.1, -0.05) is 6.92 Å². The Hall–Kier alpha value is -0.610. The molecule has 0 aromatic heterocycles. The van der Waals surface area contributed by atoms with Gasteiger partial charge in [-0.3, -0.25) is 4.79 Å². The molecule has 1 aliphatic rings. The summed E-state index contributed by atoms with van der Waals surface area (Å²) < 4.78 is 5.02. The van der Waals surface area contributed by atoms with Crippen LogP contribution < -0.4 is 5.73 Å². The third-order valence-electron chi connectivity index (χ3n) is 3.13. The Morgan fingerprint density at radius 1 is 1.60 bits per heavy atom. The van der Waals surface area contributed by atoms with Gasteiger partial charge in [-0.05, 0) is 26.2 Å². The van der Waals surface area contributed by atoms with Crippen LogP contribution >= 0.6 is 0 Å². The van der Waals surface area contributed by atoms with Gasteiger partial charge < -0.3 is 15.4 Å². The number of nitrogens with zero attached hydrogens (tertiary/aromatic N) is 1. The first-order chi connectivity index (χ1) is 7.05. The summed E-state index contributed by atoms with van der Waals surface area (Å²) in [5.41, 5.74) is 5.36. The van der Waals surface area contributed by atoms with Crippen LogP contribution in [-0.2, 0) is 9.53 Å². The lowest BCUT2D eigenvalue weighted by Gasteiger charge is -2.30.